The van der Waals surface area contributed by atoms with E-state index >= 15 is 0 Å². The standard InChI is InChI=1S/C15H14N2O2/c18-15(19)12-5-3-4-11(8-12)9-17-10-16-13-6-1-2-7-14(13)17/h1-8,16H,9-10H2,(H,18,19). The fourth-order valence-electron chi connectivity index (χ4n) is 2.33. The van der Waals surface area contributed by atoms with E-state index in [0.717, 1.165) is 23.6 Å². The van der Waals surface area contributed by atoms with Crippen molar-refractivity contribution < 1.29 is 9.90 Å². The Bertz CT molecular complexity index is 625. The van der Waals surface area contributed by atoms with Crippen molar-refractivity contribution in [1.29, 1.82) is 0 Å². The Labute approximate surface area is 111 Å². The number of hydrogen-bond donors (Lipinski definition) is 2. The molecule has 2 aromatic rings. The largest absolute Gasteiger partial charge is 0.478 e. The topological polar surface area (TPSA) is 52.6 Å². The van der Waals surface area contributed by atoms with Crippen molar-refractivity contribution in [1.82, 2.24) is 0 Å². The average molecular weight is 254 g/mol. The van der Waals surface area contributed by atoms with Gasteiger partial charge >= 0.3 is 5.97 Å². The number of benzene rings is 2. The van der Waals surface area contributed by atoms with Crippen molar-refractivity contribution in [3.63, 3.8) is 0 Å². The maximum absolute atomic E-state index is 11.0. The molecular formula is C15H14N2O2. The van der Waals surface area contributed by atoms with Crippen LogP contribution in [0.5, 0.6) is 0 Å². The summed E-state index contributed by atoms with van der Waals surface area (Å²) in [6, 6.07) is 15.2. The summed E-state index contributed by atoms with van der Waals surface area (Å²) >= 11 is 0. The van der Waals surface area contributed by atoms with Gasteiger partial charge in [0.05, 0.1) is 23.6 Å². The molecule has 3 rings (SSSR count). The van der Waals surface area contributed by atoms with Crippen molar-refractivity contribution in [2.45, 2.75) is 6.54 Å². The number of hydrogen-bond acceptors (Lipinski definition) is 3. The van der Waals surface area contributed by atoms with E-state index in [0.29, 0.717) is 12.1 Å². The van der Waals surface area contributed by atoms with Gasteiger partial charge in [0.25, 0.3) is 0 Å². The van der Waals surface area contributed by atoms with Gasteiger partial charge in [0, 0.05) is 6.54 Å². The van der Waals surface area contributed by atoms with Gasteiger partial charge in [-0.05, 0) is 29.8 Å². The number of carbonyl (C=O) groups is 1. The molecule has 0 aliphatic carbocycles. The summed E-state index contributed by atoms with van der Waals surface area (Å²) in [6.07, 6.45) is 0. The van der Waals surface area contributed by atoms with Crippen molar-refractivity contribution in [3.05, 3.63) is 59.7 Å². The van der Waals surface area contributed by atoms with Crippen LogP contribution >= 0.6 is 0 Å². The number of nitrogens with zero attached hydrogens (tertiary/aromatic N) is 1. The van der Waals surface area contributed by atoms with Gasteiger partial charge in [0.2, 0.25) is 0 Å². The highest BCUT2D eigenvalue weighted by atomic mass is 16.4. The van der Waals surface area contributed by atoms with Crippen LogP contribution in [0.3, 0.4) is 0 Å². The lowest BCUT2D eigenvalue weighted by molar-refractivity contribution is 0.0697. The highest BCUT2D eigenvalue weighted by Gasteiger charge is 2.17. The van der Waals surface area contributed by atoms with Crippen LogP contribution in [-0.2, 0) is 6.54 Å². The Hall–Kier alpha value is -2.49. The molecule has 0 atom stereocenters. The van der Waals surface area contributed by atoms with E-state index in [4.69, 9.17) is 5.11 Å². The Morgan fingerprint density at radius 2 is 2.05 bits per heavy atom. The van der Waals surface area contributed by atoms with E-state index in [-0.39, 0.29) is 0 Å². The van der Waals surface area contributed by atoms with Crippen LogP contribution in [0.4, 0.5) is 11.4 Å². The van der Waals surface area contributed by atoms with Gasteiger partial charge in [0.1, 0.15) is 0 Å². The maximum atomic E-state index is 11.0. The second kappa shape index (κ2) is 4.65. The lowest BCUT2D eigenvalue weighted by Crippen LogP contribution is -2.22. The van der Waals surface area contributed by atoms with Gasteiger partial charge in [-0.25, -0.2) is 4.79 Å². The lowest BCUT2D eigenvalue weighted by atomic mass is 10.1. The van der Waals surface area contributed by atoms with Gasteiger partial charge in [0.15, 0.2) is 0 Å². The van der Waals surface area contributed by atoms with Gasteiger partial charge < -0.3 is 15.3 Å². The number of nitrogens with one attached hydrogen (secondary N) is 1. The van der Waals surface area contributed by atoms with Crippen molar-refractivity contribution in [2.75, 3.05) is 16.9 Å². The quantitative estimate of drug-likeness (QED) is 0.884. The number of rotatable bonds is 3. The van der Waals surface area contributed by atoms with E-state index in [1.165, 1.54) is 0 Å². The molecule has 4 nitrogen and oxygen atoms in total. The fraction of sp³-hybridized carbons (Fsp3) is 0.133. The number of carboxylic acid groups (broad SMARTS) is 1. The first-order valence-corrected chi connectivity index (χ1v) is 6.14. The monoisotopic (exact) mass is 254 g/mol. The molecule has 0 amide bonds. The summed E-state index contributed by atoms with van der Waals surface area (Å²) in [5.41, 5.74) is 3.61. The van der Waals surface area contributed by atoms with Crippen LogP contribution in [0.1, 0.15) is 15.9 Å². The van der Waals surface area contributed by atoms with Crippen LogP contribution < -0.4 is 10.2 Å². The van der Waals surface area contributed by atoms with E-state index in [2.05, 4.69) is 16.3 Å². The van der Waals surface area contributed by atoms with Gasteiger partial charge in [-0.1, -0.05) is 24.3 Å². The number of carboxylic acids is 1. The molecule has 0 aromatic heterocycles. The summed E-state index contributed by atoms with van der Waals surface area (Å²) < 4.78 is 0. The van der Waals surface area contributed by atoms with Gasteiger partial charge in [-0.2, -0.15) is 0 Å². The summed E-state index contributed by atoms with van der Waals surface area (Å²) in [7, 11) is 0. The molecule has 1 aliphatic heterocycles. The highest BCUT2D eigenvalue weighted by molar-refractivity contribution is 5.87. The van der Waals surface area contributed by atoms with Crippen LogP contribution in [0, 0.1) is 0 Å². The number of para-hydroxylation sites is 2. The number of fused-ring (bicyclic) bond motifs is 1. The molecule has 2 N–H and O–H groups in total. The molecule has 1 aliphatic rings. The molecule has 96 valence electrons. The molecule has 0 saturated carbocycles. The zero-order valence-electron chi connectivity index (χ0n) is 10.3. The van der Waals surface area contributed by atoms with E-state index in [1.807, 2.05) is 24.3 Å². The van der Waals surface area contributed by atoms with Crippen LogP contribution in [0.15, 0.2) is 48.5 Å². The van der Waals surface area contributed by atoms with Crippen molar-refractivity contribution in [3.8, 4) is 0 Å². The maximum Gasteiger partial charge on any atom is 0.335 e. The Kier molecular flexibility index (Phi) is 2.83. The first-order valence-electron chi connectivity index (χ1n) is 6.14. The number of anilines is 2. The van der Waals surface area contributed by atoms with E-state index in [9.17, 15) is 4.79 Å². The molecule has 0 radical (unpaired) electrons. The van der Waals surface area contributed by atoms with Crippen molar-refractivity contribution >= 4 is 17.3 Å². The Morgan fingerprint density at radius 1 is 1.21 bits per heavy atom. The minimum atomic E-state index is -0.887. The Morgan fingerprint density at radius 3 is 2.89 bits per heavy atom. The summed E-state index contributed by atoms with van der Waals surface area (Å²) in [4.78, 5) is 13.2. The zero-order chi connectivity index (χ0) is 13.2. The van der Waals surface area contributed by atoms with E-state index < -0.39 is 5.97 Å². The molecule has 2 aromatic carbocycles. The van der Waals surface area contributed by atoms with Crippen LogP contribution in [0.2, 0.25) is 0 Å². The summed E-state index contributed by atoms with van der Waals surface area (Å²) in [5.74, 6) is -0.887. The number of aromatic carboxylic acids is 1. The third-order valence-corrected chi connectivity index (χ3v) is 3.25. The molecule has 4 heteroatoms. The predicted molar refractivity (Wildman–Crippen MR) is 74.5 cm³/mol. The Balaban J connectivity index is 1.83. The molecule has 0 unspecified atom stereocenters. The zero-order valence-corrected chi connectivity index (χ0v) is 10.3. The average Bonchev–Trinajstić information content (AvgIpc) is 2.83. The van der Waals surface area contributed by atoms with Crippen molar-refractivity contribution in [2.24, 2.45) is 0 Å². The second-order valence-corrected chi connectivity index (χ2v) is 4.56. The van der Waals surface area contributed by atoms with E-state index in [1.54, 1.807) is 18.2 Å². The molecule has 19 heavy (non-hydrogen) atoms. The minimum absolute atomic E-state index is 0.331. The van der Waals surface area contributed by atoms with Crippen LogP contribution in [0.25, 0.3) is 0 Å². The molecular weight excluding hydrogens is 240 g/mol. The molecule has 1 heterocycles. The second-order valence-electron chi connectivity index (χ2n) is 4.56. The normalized spacial score (nSPS) is 12.9. The summed E-state index contributed by atoms with van der Waals surface area (Å²) in [5, 5.41) is 12.3. The summed E-state index contributed by atoms with van der Waals surface area (Å²) in [6.45, 7) is 1.45. The van der Waals surface area contributed by atoms with Gasteiger partial charge in [-0.3, -0.25) is 0 Å². The first-order chi connectivity index (χ1) is 9.24. The molecule has 0 fully saturated rings. The highest BCUT2D eigenvalue weighted by Crippen LogP contribution is 2.31. The smallest absolute Gasteiger partial charge is 0.335 e. The molecule has 0 bridgehead atoms. The SMILES string of the molecule is O=C(O)c1cccc(CN2CNc3ccccc32)c1. The lowest BCUT2D eigenvalue weighted by Gasteiger charge is -2.18. The minimum Gasteiger partial charge on any atom is -0.478 e. The first kappa shape index (κ1) is 11.6. The molecule has 0 spiro atoms. The fourth-order valence-corrected chi connectivity index (χ4v) is 2.33. The third kappa shape index (κ3) is 2.25. The third-order valence-electron chi connectivity index (χ3n) is 3.25. The van der Waals surface area contributed by atoms with Gasteiger partial charge in [-0.15, -0.1) is 0 Å². The van der Waals surface area contributed by atoms with Crippen LogP contribution in [-0.4, -0.2) is 17.7 Å². The predicted octanol–water partition coefficient (Wildman–Crippen LogP) is 2.77. The molecule has 0 saturated heterocycles.